The zero-order valence-electron chi connectivity index (χ0n) is 31.3. The number of halogens is 1. The maximum absolute atomic E-state index is 15.0. The lowest BCUT2D eigenvalue weighted by molar-refractivity contribution is -0.165. The summed E-state index contributed by atoms with van der Waals surface area (Å²) in [7, 11) is 1.69. The van der Waals surface area contributed by atoms with Gasteiger partial charge < -0.3 is 29.3 Å². The summed E-state index contributed by atoms with van der Waals surface area (Å²) < 4.78 is 13.2. The molecular formula is C42H54BrN3O7. The summed E-state index contributed by atoms with van der Waals surface area (Å²) in [6, 6.07) is 16.2. The van der Waals surface area contributed by atoms with Crippen LogP contribution in [0.15, 0.2) is 86.0 Å². The molecule has 1 spiro atoms. The van der Waals surface area contributed by atoms with E-state index in [0.29, 0.717) is 24.8 Å². The van der Waals surface area contributed by atoms with E-state index in [2.05, 4.69) is 36.0 Å². The normalized spacial score (nSPS) is 26.6. The number of benzene rings is 2. The lowest BCUT2D eigenvalue weighted by Gasteiger charge is -2.41. The molecule has 0 saturated carbocycles. The maximum Gasteiger partial charge on any atom is 0.313 e. The molecule has 3 aliphatic heterocycles. The minimum absolute atomic E-state index is 0.116. The molecule has 10 nitrogen and oxygen atoms in total. The Balaban J connectivity index is 1.56. The molecule has 0 aromatic heterocycles. The number of carbonyl (C=O) groups excluding carboxylic acids is 4. The zero-order chi connectivity index (χ0) is 38.4. The van der Waals surface area contributed by atoms with Gasteiger partial charge in [0.05, 0.1) is 36.6 Å². The van der Waals surface area contributed by atoms with Crippen LogP contribution in [0.2, 0.25) is 0 Å². The molecule has 3 saturated heterocycles. The summed E-state index contributed by atoms with van der Waals surface area (Å²) in [6.07, 6.45) is 4.77. The number of fused-ring (bicyclic) bond motifs is 1. The van der Waals surface area contributed by atoms with Crippen LogP contribution >= 0.6 is 15.9 Å². The van der Waals surface area contributed by atoms with Crippen molar-refractivity contribution >= 4 is 39.6 Å². The van der Waals surface area contributed by atoms with Crippen LogP contribution < -0.4 is 0 Å². The molecule has 3 aliphatic rings. The molecule has 0 aliphatic carbocycles. The van der Waals surface area contributed by atoms with Gasteiger partial charge in [0.25, 0.3) is 0 Å². The van der Waals surface area contributed by atoms with E-state index in [9.17, 15) is 14.7 Å². The van der Waals surface area contributed by atoms with Gasteiger partial charge in [-0.1, -0.05) is 102 Å². The number of aliphatic hydroxyl groups excluding tert-OH is 1. The number of alkyl halides is 1. The first-order valence-electron chi connectivity index (χ1n) is 18.8. The average molecular weight is 793 g/mol. The Labute approximate surface area is 322 Å². The molecule has 3 amide bonds. The summed E-state index contributed by atoms with van der Waals surface area (Å²) in [6.45, 7) is 13.4. The van der Waals surface area contributed by atoms with Crippen LogP contribution in [0, 0.1) is 11.8 Å². The molecule has 2 bridgehead atoms. The molecule has 2 aromatic carbocycles. The number of nitrogens with zero attached hydrogens (tertiary/aromatic N) is 3. The number of ether oxygens (including phenoxy) is 2. The van der Waals surface area contributed by atoms with E-state index < -0.39 is 66.3 Å². The summed E-state index contributed by atoms with van der Waals surface area (Å²) in [5.41, 5.74) is 0.247. The second-order valence-corrected chi connectivity index (χ2v) is 15.9. The van der Waals surface area contributed by atoms with Crippen molar-refractivity contribution in [1.29, 1.82) is 0 Å². The van der Waals surface area contributed by atoms with Crippen molar-refractivity contribution in [3.05, 3.63) is 97.1 Å². The Bertz CT molecular complexity index is 1620. The Kier molecular flexibility index (Phi) is 13.4. The third-order valence-corrected chi connectivity index (χ3v) is 12.2. The van der Waals surface area contributed by atoms with E-state index >= 15 is 9.59 Å². The van der Waals surface area contributed by atoms with Crippen LogP contribution in [-0.4, -0.2) is 104 Å². The van der Waals surface area contributed by atoms with Crippen molar-refractivity contribution in [2.75, 3.05) is 20.2 Å². The van der Waals surface area contributed by atoms with Gasteiger partial charge in [0.15, 0.2) is 0 Å². The van der Waals surface area contributed by atoms with Crippen molar-refractivity contribution in [2.24, 2.45) is 11.8 Å². The highest BCUT2D eigenvalue weighted by Gasteiger charge is 2.77. The molecular weight excluding hydrogens is 738 g/mol. The maximum atomic E-state index is 15.0. The van der Waals surface area contributed by atoms with Crippen LogP contribution in [0.3, 0.4) is 0 Å². The van der Waals surface area contributed by atoms with Crippen LogP contribution in [0.5, 0.6) is 0 Å². The minimum atomic E-state index is -1.35. The topological polar surface area (TPSA) is 117 Å². The van der Waals surface area contributed by atoms with Gasteiger partial charge in [-0.25, -0.2) is 0 Å². The van der Waals surface area contributed by atoms with E-state index in [-0.39, 0.29) is 35.6 Å². The number of allylic oxidation sites excluding steroid dienone is 1. The highest BCUT2D eigenvalue weighted by atomic mass is 79.9. The monoisotopic (exact) mass is 791 g/mol. The second kappa shape index (κ2) is 17.6. The van der Waals surface area contributed by atoms with E-state index in [1.165, 1.54) is 4.90 Å². The Morgan fingerprint density at radius 2 is 1.75 bits per heavy atom. The molecule has 3 fully saturated rings. The molecule has 1 N–H and O–H groups in total. The van der Waals surface area contributed by atoms with Crippen LogP contribution in [0.4, 0.5) is 0 Å². The fraction of sp³-hybridized carbons (Fsp3) is 0.524. The predicted octanol–water partition coefficient (Wildman–Crippen LogP) is 5.64. The molecule has 2 aromatic rings. The predicted molar refractivity (Wildman–Crippen MR) is 207 cm³/mol. The van der Waals surface area contributed by atoms with Gasteiger partial charge in [0, 0.05) is 30.9 Å². The Morgan fingerprint density at radius 1 is 1.09 bits per heavy atom. The van der Waals surface area contributed by atoms with E-state index in [4.69, 9.17) is 9.47 Å². The van der Waals surface area contributed by atoms with Gasteiger partial charge >= 0.3 is 5.97 Å². The van der Waals surface area contributed by atoms with Crippen molar-refractivity contribution < 1.29 is 33.8 Å². The second-order valence-electron chi connectivity index (χ2n) is 14.7. The fourth-order valence-corrected chi connectivity index (χ4v) is 9.57. The summed E-state index contributed by atoms with van der Waals surface area (Å²) in [4.78, 5) is 62.3. The van der Waals surface area contributed by atoms with Crippen LogP contribution in [0.1, 0.15) is 70.1 Å². The van der Waals surface area contributed by atoms with Gasteiger partial charge in [-0.05, 0) is 50.7 Å². The van der Waals surface area contributed by atoms with E-state index in [1.54, 1.807) is 29.0 Å². The fourth-order valence-electron chi connectivity index (χ4n) is 8.63. The first-order chi connectivity index (χ1) is 25.4. The molecule has 5 rings (SSSR count). The Hall–Kier alpha value is -3.80. The number of hydrogen-bond donors (Lipinski definition) is 1. The van der Waals surface area contributed by atoms with E-state index in [0.717, 1.165) is 18.4 Å². The van der Waals surface area contributed by atoms with Crippen molar-refractivity contribution in [2.45, 2.75) is 106 Å². The zero-order valence-corrected chi connectivity index (χ0v) is 32.9. The Morgan fingerprint density at radius 3 is 2.36 bits per heavy atom. The third kappa shape index (κ3) is 7.89. The van der Waals surface area contributed by atoms with Crippen molar-refractivity contribution in [1.82, 2.24) is 14.7 Å². The number of likely N-dealkylation sites (N-methyl/N-ethyl adjacent to an activating group) is 1. The average Bonchev–Trinajstić information content (AvgIpc) is 3.76. The molecule has 286 valence electrons. The highest BCUT2D eigenvalue weighted by molar-refractivity contribution is 9.09. The molecule has 0 radical (unpaired) electrons. The third-order valence-electron chi connectivity index (χ3n) is 11.4. The number of likely N-dealkylation sites (tertiary alicyclic amines) is 1. The molecule has 2 unspecified atom stereocenters. The molecule has 10 atom stereocenters. The summed E-state index contributed by atoms with van der Waals surface area (Å²) in [5.74, 6) is -3.53. The molecule has 11 heteroatoms. The highest BCUT2D eigenvalue weighted by Crippen LogP contribution is 2.61. The number of hydrogen-bond acceptors (Lipinski definition) is 7. The van der Waals surface area contributed by atoms with Gasteiger partial charge in [-0.2, -0.15) is 0 Å². The molecule has 53 heavy (non-hydrogen) atoms. The lowest BCUT2D eigenvalue weighted by atomic mass is 9.70. The van der Waals surface area contributed by atoms with E-state index in [1.807, 2.05) is 74.5 Å². The number of carbonyl (C=O) groups is 4. The van der Waals surface area contributed by atoms with Crippen molar-refractivity contribution in [3.63, 3.8) is 0 Å². The minimum Gasteiger partial charge on any atom is -0.455 e. The summed E-state index contributed by atoms with van der Waals surface area (Å²) >= 11 is 3.77. The smallest absolute Gasteiger partial charge is 0.313 e. The quantitative estimate of drug-likeness (QED) is 0.118. The molecule has 3 heterocycles. The SMILES string of the molecule is C=CCCC(=O)N(C)[C@@H](C)[C@@H](OC(=O)[C@H]1[C@@H]2O[C@@]3(CC2Br)[C@@H]1C(=O)N([C@@H](CO)Cc1ccccc1)[C@@H]3C(=O)N(CC=C)C(C)CCC)c1ccccc1. The van der Waals surface area contributed by atoms with Crippen LogP contribution in [-0.2, 0) is 35.1 Å². The van der Waals surface area contributed by atoms with Gasteiger partial charge in [0.2, 0.25) is 17.7 Å². The summed E-state index contributed by atoms with van der Waals surface area (Å²) in [5, 5.41) is 10.9. The standard InChI is InChI=1S/C42H54BrN3O7/c1-7-10-22-33(48)44(6)28(5)36(30-20-15-12-16-21-30)52-41(51)34-35-39(49)46(31(26-47)24-29-18-13-11-14-19-29)38(42(35)25-32(43)37(34)53-42)40(50)45(23-9-3)27(4)17-8-2/h7,9,11-16,18-21,27-28,31-32,34-38,47H,1,3,8,10,17,22-26H2,2,4-6H3/t27?,28-,31+,32?,34+,35-,36+,37+,38+,42-/m0/s1. The van der Waals surface area contributed by atoms with Gasteiger partial charge in [-0.15, -0.1) is 13.2 Å². The first-order valence-corrected chi connectivity index (χ1v) is 19.7. The van der Waals surface area contributed by atoms with Gasteiger partial charge in [0.1, 0.15) is 17.7 Å². The lowest BCUT2D eigenvalue weighted by Crippen LogP contribution is -2.60. The number of amides is 3. The number of aliphatic hydroxyl groups is 1. The van der Waals surface area contributed by atoms with Crippen LogP contribution in [0.25, 0.3) is 0 Å². The first kappa shape index (κ1) is 40.4. The number of esters is 1. The van der Waals surface area contributed by atoms with Gasteiger partial charge in [-0.3, -0.25) is 19.2 Å². The number of rotatable bonds is 18. The largest absolute Gasteiger partial charge is 0.455 e. The van der Waals surface area contributed by atoms with Crippen molar-refractivity contribution in [3.8, 4) is 0 Å².